The Morgan fingerprint density at radius 1 is 1.18 bits per heavy atom. The van der Waals surface area contributed by atoms with E-state index in [0.29, 0.717) is 43.1 Å². The number of rotatable bonds is 6. The topological polar surface area (TPSA) is 68.5 Å². The van der Waals surface area contributed by atoms with Gasteiger partial charge in [-0.2, -0.15) is 4.98 Å². The lowest BCUT2D eigenvalue weighted by atomic mass is 9.78. The maximum absolute atomic E-state index is 12.8. The third kappa shape index (κ3) is 4.21. The van der Waals surface area contributed by atoms with Crippen LogP contribution in [0, 0.1) is 5.92 Å². The summed E-state index contributed by atoms with van der Waals surface area (Å²) in [5.74, 6) is 2.84. The highest BCUT2D eigenvalue weighted by atomic mass is 16.5. The molecule has 1 aliphatic carbocycles. The number of carbonyl (C=O) groups excluding carboxylic acids is 1. The molecular weight excluding hydrogens is 354 g/mol. The molecule has 2 unspecified atom stereocenters. The molecule has 0 spiro atoms. The predicted octanol–water partition coefficient (Wildman–Crippen LogP) is 4.25. The maximum atomic E-state index is 12.8. The minimum absolute atomic E-state index is 0.234. The molecule has 0 radical (unpaired) electrons. The summed E-state index contributed by atoms with van der Waals surface area (Å²) in [4.78, 5) is 19.4. The van der Waals surface area contributed by atoms with E-state index in [1.54, 1.807) is 0 Å². The van der Waals surface area contributed by atoms with Crippen molar-refractivity contribution in [3.8, 4) is 17.1 Å². The highest BCUT2D eigenvalue weighted by Crippen LogP contribution is 2.35. The van der Waals surface area contributed by atoms with Crippen LogP contribution in [-0.2, 0) is 11.2 Å². The van der Waals surface area contributed by atoms with Gasteiger partial charge in [0.15, 0.2) is 0 Å². The van der Waals surface area contributed by atoms with E-state index in [2.05, 4.69) is 15.0 Å². The molecule has 1 aliphatic heterocycles. The number of carbonyl (C=O) groups is 1. The third-order valence-electron chi connectivity index (χ3n) is 6.01. The van der Waals surface area contributed by atoms with Crippen molar-refractivity contribution in [3.63, 3.8) is 0 Å². The van der Waals surface area contributed by atoms with Crippen LogP contribution in [0.3, 0.4) is 0 Å². The quantitative estimate of drug-likeness (QED) is 0.746. The Morgan fingerprint density at radius 2 is 1.96 bits per heavy atom. The molecule has 1 amide bonds. The summed E-state index contributed by atoms with van der Waals surface area (Å²) in [6.45, 7) is 3.50. The number of benzene rings is 1. The molecule has 2 atom stereocenters. The summed E-state index contributed by atoms with van der Waals surface area (Å²) < 4.78 is 10.8. The zero-order chi connectivity index (χ0) is 19.3. The molecule has 2 aliphatic rings. The highest BCUT2D eigenvalue weighted by Gasteiger charge is 2.35. The van der Waals surface area contributed by atoms with Gasteiger partial charge in [-0.15, -0.1) is 0 Å². The number of piperidine rings is 1. The Morgan fingerprint density at radius 3 is 2.79 bits per heavy atom. The van der Waals surface area contributed by atoms with Crippen molar-refractivity contribution in [1.29, 1.82) is 0 Å². The first-order valence-electron chi connectivity index (χ1n) is 10.6. The van der Waals surface area contributed by atoms with Crippen LogP contribution in [0.1, 0.15) is 57.8 Å². The fourth-order valence-corrected chi connectivity index (χ4v) is 4.63. The number of fused-ring (bicyclic) bond motifs is 1. The minimum Gasteiger partial charge on any atom is -0.494 e. The number of hydrogen-bond donors (Lipinski definition) is 0. The Kier molecular flexibility index (Phi) is 5.93. The van der Waals surface area contributed by atoms with Gasteiger partial charge in [-0.25, -0.2) is 0 Å². The van der Waals surface area contributed by atoms with Gasteiger partial charge in [-0.3, -0.25) is 4.79 Å². The van der Waals surface area contributed by atoms with Gasteiger partial charge in [0, 0.05) is 31.0 Å². The van der Waals surface area contributed by atoms with E-state index in [-0.39, 0.29) is 5.91 Å². The number of nitrogens with zero attached hydrogens (tertiary/aromatic N) is 3. The number of aromatic nitrogens is 2. The number of aryl methyl sites for hydroxylation is 1. The molecule has 2 fully saturated rings. The zero-order valence-electron chi connectivity index (χ0n) is 16.6. The van der Waals surface area contributed by atoms with Gasteiger partial charge in [0.05, 0.1) is 6.61 Å². The second-order valence-electron chi connectivity index (χ2n) is 7.81. The van der Waals surface area contributed by atoms with E-state index < -0.39 is 0 Å². The molecule has 0 bridgehead atoms. The summed E-state index contributed by atoms with van der Waals surface area (Å²) in [6.07, 6.45) is 8.37. The average Bonchev–Trinajstić information content (AvgIpc) is 3.21. The smallest absolute Gasteiger partial charge is 0.227 e. The first kappa shape index (κ1) is 19.0. The summed E-state index contributed by atoms with van der Waals surface area (Å²) in [5, 5.41) is 4.07. The van der Waals surface area contributed by atoms with E-state index >= 15 is 0 Å². The molecule has 1 aromatic heterocycles. The third-order valence-corrected chi connectivity index (χ3v) is 6.01. The van der Waals surface area contributed by atoms with Gasteiger partial charge in [0.2, 0.25) is 17.6 Å². The van der Waals surface area contributed by atoms with Crippen LogP contribution in [0.25, 0.3) is 11.4 Å². The monoisotopic (exact) mass is 383 g/mol. The van der Waals surface area contributed by atoms with E-state index in [0.717, 1.165) is 24.3 Å². The SMILES string of the molecule is CCOc1ccc(-c2noc(CCC(=O)N3CCCC4CCCCC43)n2)cc1. The van der Waals surface area contributed by atoms with Crippen molar-refractivity contribution >= 4 is 5.91 Å². The maximum Gasteiger partial charge on any atom is 0.227 e. The zero-order valence-corrected chi connectivity index (χ0v) is 16.6. The molecule has 1 saturated heterocycles. The van der Waals surface area contributed by atoms with Gasteiger partial charge in [-0.1, -0.05) is 18.0 Å². The van der Waals surface area contributed by atoms with Crippen molar-refractivity contribution < 1.29 is 14.1 Å². The normalized spacial score (nSPS) is 22.0. The lowest BCUT2D eigenvalue weighted by Crippen LogP contribution is -2.49. The summed E-state index contributed by atoms with van der Waals surface area (Å²) in [6, 6.07) is 8.09. The van der Waals surface area contributed by atoms with Crippen LogP contribution < -0.4 is 4.74 Å². The van der Waals surface area contributed by atoms with Crippen molar-refractivity contribution in [3.05, 3.63) is 30.2 Å². The number of hydrogen-bond acceptors (Lipinski definition) is 5. The van der Waals surface area contributed by atoms with Gasteiger partial charge in [0.25, 0.3) is 0 Å². The standard InChI is InChI=1S/C22H29N3O3/c1-2-27-18-11-9-17(10-12-18)22-23-20(28-24-22)13-14-21(26)25-15-5-7-16-6-3-4-8-19(16)25/h9-12,16,19H,2-8,13-15H2,1H3. The van der Waals surface area contributed by atoms with Crippen LogP contribution in [0.2, 0.25) is 0 Å². The van der Waals surface area contributed by atoms with E-state index in [9.17, 15) is 4.79 Å². The molecule has 6 heteroatoms. The molecule has 1 saturated carbocycles. The molecule has 28 heavy (non-hydrogen) atoms. The van der Waals surface area contributed by atoms with Crippen LogP contribution in [-0.4, -0.2) is 40.1 Å². The molecule has 150 valence electrons. The lowest BCUT2D eigenvalue weighted by Gasteiger charge is -2.44. The first-order valence-corrected chi connectivity index (χ1v) is 10.6. The average molecular weight is 383 g/mol. The van der Waals surface area contributed by atoms with E-state index in [1.165, 1.54) is 32.1 Å². The molecule has 2 heterocycles. The Balaban J connectivity index is 1.34. The predicted molar refractivity (Wildman–Crippen MR) is 106 cm³/mol. The first-order chi connectivity index (χ1) is 13.7. The molecule has 6 nitrogen and oxygen atoms in total. The van der Waals surface area contributed by atoms with Crippen molar-refractivity contribution in [1.82, 2.24) is 15.0 Å². The second-order valence-corrected chi connectivity index (χ2v) is 7.81. The van der Waals surface area contributed by atoms with E-state index in [4.69, 9.17) is 9.26 Å². The summed E-state index contributed by atoms with van der Waals surface area (Å²) in [5.41, 5.74) is 0.880. The Labute approximate surface area is 166 Å². The number of amides is 1. The summed E-state index contributed by atoms with van der Waals surface area (Å²) >= 11 is 0. The Hall–Kier alpha value is -2.37. The fraction of sp³-hybridized carbons (Fsp3) is 0.591. The van der Waals surface area contributed by atoms with Crippen LogP contribution in [0.15, 0.2) is 28.8 Å². The number of likely N-dealkylation sites (tertiary alicyclic amines) is 1. The van der Waals surface area contributed by atoms with Gasteiger partial charge in [0.1, 0.15) is 5.75 Å². The van der Waals surface area contributed by atoms with Gasteiger partial charge >= 0.3 is 0 Å². The fourth-order valence-electron chi connectivity index (χ4n) is 4.63. The minimum atomic E-state index is 0.234. The number of ether oxygens (including phenoxy) is 1. The van der Waals surface area contributed by atoms with Crippen molar-refractivity contribution in [2.75, 3.05) is 13.2 Å². The van der Waals surface area contributed by atoms with Crippen molar-refractivity contribution in [2.45, 2.75) is 64.3 Å². The summed E-state index contributed by atoms with van der Waals surface area (Å²) in [7, 11) is 0. The Bertz CT molecular complexity index is 785. The molecule has 0 N–H and O–H groups in total. The van der Waals surface area contributed by atoms with Crippen LogP contribution in [0.4, 0.5) is 0 Å². The largest absolute Gasteiger partial charge is 0.494 e. The molecular formula is C22H29N3O3. The highest BCUT2D eigenvalue weighted by molar-refractivity contribution is 5.77. The van der Waals surface area contributed by atoms with Gasteiger partial charge in [-0.05, 0) is 62.8 Å². The molecule has 1 aromatic carbocycles. The van der Waals surface area contributed by atoms with Crippen molar-refractivity contribution in [2.24, 2.45) is 5.92 Å². The van der Waals surface area contributed by atoms with E-state index in [1.807, 2.05) is 31.2 Å². The van der Waals surface area contributed by atoms with Crippen LogP contribution >= 0.6 is 0 Å². The van der Waals surface area contributed by atoms with Crippen LogP contribution in [0.5, 0.6) is 5.75 Å². The lowest BCUT2D eigenvalue weighted by molar-refractivity contribution is -0.137. The molecule has 4 rings (SSSR count). The molecule has 2 aromatic rings. The van der Waals surface area contributed by atoms with Gasteiger partial charge < -0.3 is 14.2 Å². The second kappa shape index (κ2) is 8.76.